The number of imidazole rings is 1. The molecule has 3 heterocycles. The lowest BCUT2D eigenvalue weighted by atomic mass is 10.2. The molecule has 1 fully saturated rings. The zero-order valence-electron chi connectivity index (χ0n) is 18.3. The first-order valence-corrected chi connectivity index (χ1v) is 10.7. The van der Waals surface area contributed by atoms with Crippen LogP contribution in [0.4, 0.5) is 11.4 Å². The molecule has 1 aromatic heterocycles. The lowest BCUT2D eigenvalue weighted by Gasteiger charge is -2.34. The van der Waals surface area contributed by atoms with Gasteiger partial charge in [-0.25, -0.2) is 4.98 Å². The largest absolute Gasteiger partial charge is 0.509 e. The molecule has 0 amide bonds. The maximum absolute atomic E-state index is 10.8. The smallest absolute Gasteiger partial charge is 0.148 e. The summed E-state index contributed by atoms with van der Waals surface area (Å²) in [5.41, 5.74) is 5.60. The Morgan fingerprint density at radius 2 is 1.61 bits per heavy atom. The Bertz CT molecular complexity index is 1180. The van der Waals surface area contributed by atoms with Gasteiger partial charge in [0, 0.05) is 44.6 Å². The summed E-state index contributed by atoms with van der Waals surface area (Å²) in [5, 5.41) is 19.6. The van der Waals surface area contributed by atoms with Gasteiger partial charge in [0.2, 0.25) is 0 Å². The zero-order valence-corrected chi connectivity index (χ0v) is 18.3. The van der Waals surface area contributed by atoms with E-state index in [-0.39, 0.29) is 18.1 Å². The average Bonchev–Trinajstić information content (AvgIpc) is 3.23. The minimum absolute atomic E-state index is 0.184. The van der Waals surface area contributed by atoms with Crippen molar-refractivity contribution in [3.05, 3.63) is 59.6 Å². The number of piperazine rings is 1. The standard InChI is InChI=1S/C24H28N6O/c1-16-4-9-20-19(14-16)26-24(28(20)3)22-21(31)15-30(23(22)25)18-7-5-17(6-8-18)29-12-10-27(2)11-13-29/h4-9,14,25,31H,10-13,15H2,1-3H3. The number of rotatable bonds is 3. The summed E-state index contributed by atoms with van der Waals surface area (Å²) in [6, 6.07) is 14.4. The highest BCUT2D eigenvalue weighted by Gasteiger charge is 2.32. The number of anilines is 2. The van der Waals surface area contributed by atoms with Gasteiger partial charge in [0.25, 0.3) is 0 Å². The van der Waals surface area contributed by atoms with E-state index < -0.39 is 0 Å². The molecule has 31 heavy (non-hydrogen) atoms. The topological polar surface area (TPSA) is 71.6 Å². The highest BCUT2D eigenvalue weighted by molar-refractivity contribution is 6.30. The van der Waals surface area contributed by atoms with Crippen LogP contribution in [0.1, 0.15) is 11.4 Å². The summed E-state index contributed by atoms with van der Waals surface area (Å²) in [7, 11) is 4.09. The second-order valence-corrected chi connectivity index (χ2v) is 8.55. The van der Waals surface area contributed by atoms with Gasteiger partial charge < -0.3 is 24.4 Å². The molecule has 0 spiro atoms. The Morgan fingerprint density at radius 1 is 0.935 bits per heavy atom. The van der Waals surface area contributed by atoms with Gasteiger partial charge in [0.1, 0.15) is 17.4 Å². The van der Waals surface area contributed by atoms with E-state index in [9.17, 15) is 5.11 Å². The van der Waals surface area contributed by atoms with E-state index in [1.165, 1.54) is 5.69 Å². The van der Waals surface area contributed by atoms with Crippen molar-refractivity contribution in [1.82, 2.24) is 14.5 Å². The van der Waals surface area contributed by atoms with E-state index in [0.29, 0.717) is 11.4 Å². The summed E-state index contributed by atoms with van der Waals surface area (Å²) in [6.45, 7) is 6.50. The zero-order chi connectivity index (χ0) is 21.7. The first kappa shape index (κ1) is 19.6. The number of fused-ring (bicyclic) bond motifs is 1. The molecule has 160 valence electrons. The highest BCUT2D eigenvalue weighted by atomic mass is 16.3. The second-order valence-electron chi connectivity index (χ2n) is 8.55. The number of hydrogen-bond acceptors (Lipinski definition) is 5. The van der Waals surface area contributed by atoms with Gasteiger partial charge in [-0.2, -0.15) is 0 Å². The summed E-state index contributed by atoms with van der Waals surface area (Å²) >= 11 is 0. The van der Waals surface area contributed by atoms with Crippen molar-refractivity contribution in [2.24, 2.45) is 7.05 Å². The quantitative estimate of drug-likeness (QED) is 0.685. The third-order valence-electron chi connectivity index (χ3n) is 6.39. The van der Waals surface area contributed by atoms with Crippen LogP contribution in [0.5, 0.6) is 0 Å². The third kappa shape index (κ3) is 3.35. The fourth-order valence-electron chi connectivity index (χ4n) is 4.48. The molecule has 7 nitrogen and oxygen atoms in total. The molecule has 0 bridgehead atoms. The number of nitrogens with one attached hydrogen (secondary N) is 1. The molecular formula is C24H28N6O. The monoisotopic (exact) mass is 416 g/mol. The lowest BCUT2D eigenvalue weighted by molar-refractivity contribution is 0.313. The molecule has 5 rings (SSSR count). The van der Waals surface area contributed by atoms with Crippen molar-refractivity contribution in [1.29, 1.82) is 5.41 Å². The molecule has 2 aliphatic heterocycles. The molecule has 2 N–H and O–H groups in total. The fourth-order valence-corrected chi connectivity index (χ4v) is 4.48. The Hall–Kier alpha value is -3.32. The van der Waals surface area contributed by atoms with Gasteiger partial charge in [-0.05, 0) is 55.9 Å². The highest BCUT2D eigenvalue weighted by Crippen LogP contribution is 2.33. The van der Waals surface area contributed by atoms with E-state index in [1.54, 1.807) is 0 Å². The average molecular weight is 417 g/mol. The van der Waals surface area contributed by atoms with Crippen molar-refractivity contribution in [3.8, 4) is 0 Å². The maximum atomic E-state index is 10.8. The molecule has 0 aliphatic carbocycles. The van der Waals surface area contributed by atoms with Crippen LogP contribution in [0.15, 0.2) is 48.2 Å². The van der Waals surface area contributed by atoms with Crippen molar-refractivity contribution >= 4 is 33.8 Å². The number of aliphatic hydroxyl groups is 1. The normalized spacial score (nSPS) is 18.0. The molecule has 1 saturated heterocycles. The molecule has 0 unspecified atom stereocenters. The predicted molar refractivity (Wildman–Crippen MR) is 126 cm³/mol. The molecule has 2 aromatic carbocycles. The predicted octanol–water partition coefficient (Wildman–Crippen LogP) is 3.40. The number of benzene rings is 2. The summed E-state index contributed by atoms with van der Waals surface area (Å²) < 4.78 is 1.95. The third-order valence-corrected chi connectivity index (χ3v) is 6.39. The van der Waals surface area contributed by atoms with E-state index in [0.717, 1.165) is 48.5 Å². The van der Waals surface area contributed by atoms with Crippen molar-refractivity contribution in [2.75, 3.05) is 49.6 Å². The van der Waals surface area contributed by atoms with Crippen LogP contribution < -0.4 is 9.80 Å². The summed E-state index contributed by atoms with van der Waals surface area (Å²) in [5.74, 6) is 1.09. The minimum Gasteiger partial charge on any atom is -0.509 e. The molecule has 2 aliphatic rings. The van der Waals surface area contributed by atoms with Gasteiger partial charge in [0.05, 0.1) is 23.2 Å². The fraction of sp³-hybridized carbons (Fsp3) is 0.333. The van der Waals surface area contributed by atoms with E-state index in [2.05, 4.69) is 35.0 Å². The van der Waals surface area contributed by atoms with Gasteiger partial charge in [-0.1, -0.05) is 6.07 Å². The lowest BCUT2D eigenvalue weighted by Crippen LogP contribution is -2.44. The number of aryl methyl sites for hydroxylation is 2. The SMILES string of the molecule is Cc1ccc2c(c1)nc(C1=C(O)CN(c3ccc(N4CCN(C)CC4)cc3)C1=N)n2C. The van der Waals surface area contributed by atoms with E-state index in [4.69, 9.17) is 10.4 Å². The number of nitrogens with zero attached hydrogens (tertiary/aromatic N) is 5. The van der Waals surface area contributed by atoms with Crippen LogP contribution in [-0.4, -0.2) is 65.2 Å². The van der Waals surface area contributed by atoms with Crippen molar-refractivity contribution in [3.63, 3.8) is 0 Å². The molecule has 7 heteroatoms. The molecule has 0 radical (unpaired) electrons. The molecular weight excluding hydrogens is 388 g/mol. The van der Waals surface area contributed by atoms with Crippen molar-refractivity contribution in [2.45, 2.75) is 6.92 Å². The number of aliphatic hydroxyl groups excluding tert-OH is 1. The number of aromatic nitrogens is 2. The van der Waals surface area contributed by atoms with E-state index >= 15 is 0 Å². The van der Waals surface area contributed by atoms with Crippen LogP contribution in [0.25, 0.3) is 16.6 Å². The summed E-state index contributed by atoms with van der Waals surface area (Å²) in [4.78, 5) is 11.3. The van der Waals surface area contributed by atoms with Gasteiger partial charge in [-0.15, -0.1) is 0 Å². The van der Waals surface area contributed by atoms with Gasteiger partial charge in [0.15, 0.2) is 0 Å². The van der Waals surface area contributed by atoms with Crippen LogP contribution in [0, 0.1) is 12.3 Å². The van der Waals surface area contributed by atoms with Crippen LogP contribution >= 0.6 is 0 Å². The second kappa shape index (κ2) is 7.42. The van der Waals surface area contributed by atoms with Gasteiger partial charge in [-0.3, -0.25) is 5.41 Å². The number of likely N-dealkylation sites (N-methyl/N-ethyl adjacent to an activating group) is 1. The molecule has 3 aromatic rings. The first-order valence-electron chi connectivity index (χ1n) is 10.7. The van der Waals surface area contributed by atoms with Crippen molar-refractivity contribution < 1.29 is 5.11 Å². The van der Waals surface area contributed by atoms with Crippen LogP contribution in [0.3, 0.4) is 0 Å². The Morgan fingerprint density at radius 3 is 2.32 bits per heavy atom. The van der Waals surface area contributed by atoms with Crippen LogP contribution in [0.2, 0.25) is 0 Å². The first-order chi connectivity index (χ1) is 14.9. The number of hydrogen-bond donors (Lipinski definition) is 2. The van der Waals surface area contributed by atoms with E-state index in [1.807, 2.05) is 47.7 Å². The van der Waals surface area contributed by atoms with Gasteiger partial charge >= 0.3 is 0 Å². The maximum Gasteiger partial charge on any atom is 0.148 e. The minimum atomic E-state index is 0.184. The molecule has 0 saturated carbocycles. The number of amidine groups is 1. The molecule has 0 atom stereocenters. The summed E-state index contributed by atoms with van der Waals surface area (Å²) in [6.07, 6.45) is 0. The Balaban J connectivity index is 1.40. The Labute approximate surface area is 182 Å². The van der Waals surface area contributed by atoms with Crippen LogP contribution in [-0.2, 0) is 7.05 Å². The Kier molecular flexibility index (Phi) is 4.70.